The number of carbonyl (C=O) groups excluding carboxylic acids is 1. The monoisotopic (exact) mass is 284 g/mol. The van der Waals surface area contributed by atoms with Gasteiger partial charge in [-0.25, -0.2) is 0 Å². The Balaban J connectivity index is 1.84. The summed E-state index contributed by atoms with van der Waals surface area (Å²) in [7, 11) is 3.58. The first-order chi connectivity index (χ1) is 10.2. The van der Waals surface area contributed by atoms with Gasteiger partial charge in [-0.1, -0.05) is 18.2 Å². The van der Waals surface area contributed by atoms with E-state index in [4.69, 9.17) is 4.74 Å². The third kappa shape index (κ3) is 1.82. The minimum atomic E-state index is -0.159. The van der Waals surface area contributed by atoms with Crippen molar-refractivity contribution in [2.24, 2.45) is 5.92 Å². The van der Waals surface area contributed by atoms with E-state index < -0.39 is 0 Å². The molecule has 0 spiro atoms. The normalized spacial score (nSPS) is 30.0. The van der Waals surface area contributed by atoms with Crippen LogP contribution >= 0.6 is 0 Å². The maximum absolute atomic E-state index is 11.9. The minimum absolute atomic E-state index is 0.138. The Morgan fingerprint density at radius 2 is 2.29 bits per heavy atom. The fourth-order valence-electron chi connectivity index (χ4n) is 4.14. The number of methoxy groups -OCH3 is 1. The molecule has 0 fully saturated rings. The van der Waals surface area contributed by atoms with Crippen LogP contribution in [0.1, 0.15) is 23.5 Å². The van der Waals surface area contributed by atoms with Crippen LogP contribution in [0.15, 0.2) is 24.3 Å². The van der Waals surface area contributed by atoms with Gasteiger partial charge < -0.3 is 10.1 Å². The molecular weight excluding hydrogens is 264 g/mol. The number of benzene rings is 1. The first kappa shape index (κ1) is 12.9. The van der Waals surface area contributed by atoms with Gasteiger partial charge in [0, 0.05) is 30.7 Å². The van der Waals surface area contributed by atoms with Gasteiger partial charge in [0.1, 0.15) is 0 Å². The average Bonchev–Trinajstić information content (AvgIpc) is 2.92. The van der Waals surface area contributed by atoms with Gasteiger partial charge in [-0.05, 0) is 36.2 Å². The molecule has 1 aliphatic carbocycles. The molecule has 21 heavy (non-hydrogen) atoms. The Labute approximate surface area is 124 Å². The van der Waals surface area contributed by atoms with E-state index >= 15 is 0 Å². The zero-order valence-corrected chi connectivity index (χ0v) is 12.4. The van der Waals surface area contributed by atoms with Crippen LogP contribution < -0.4 is 5.32 Å². The Kier molecular flexibility index (Phi) is 2.82. The summed E-state index contributed by atoms with van der Waals surface area (Å²) in [5, 5.41) is 3.51. The van der Waals surface area contributed by atoms with Crippen molar-refractivity contribution >= 4 is 17.2 Å². The first-order valence-corrected chi connectivity index (χ1v) is 7.56. The number of ether oxygens (including phenoxy) is 1. The number of rotatable bonds is 1. The molecule has 4 nitrogen and oxygen atoms in total. The lowest BCUT2D eigenvalue weighted by molar-refractivity contribution is -0.144. The van der Waals surface area contributed by atoms with Gasteiger partial charge >= 0.3 is 5.97 Å². The number of carbonyl (C=O) groups is 1. The molecule has 1 N–H and O–H groups in total. The molecule has 4 heteroatoms. The summed E-state index contributed by atoms with van der Waals surface area (Å²) >= 11 is 0. The van der Waals surface area contributed by atoms with E-state index in [1.54, 1.807) is 0 Å². The first-order valence-electron chi connectivity index (χ1n) is 7.56. The number of fused-ring (bicyclic) bond motifs is 2. The van der Waals surface area contributed by atoms with Crippen molar-refractivity contribution < 1.29 is 9.53 Å². The maximum Gasteiger partial charge on any atom is 0.313 e. The largest absolute Gasteiger partial charge is 0.469 e. The van der Waals surface area contributed by atoms with Crippen LogP contribution in [-0.2, 0) is 9.53 Å². The number of hydrogen-bond acceptors (Lipinski definition) is 4. The molecule has 0 bridgehead atoms. The smallest absolute Gasteiger partial charge is 0.313 e. The fraction of sp³-hybridized carbons (Fsp3) is 0.471. The molecule has 0 radical (unpaired) electrons. The predicted molar refractivity (Wildman–Crippen MR) is 82.2 cm³/mol. The molecule has 110 valence electrons. The van der Waals surface area contributed by atoms with Crippen molar-refractivity contribution in [3.63, 3.8) is 0 Å². The van der Waals surface area contributed by atoms with Gasteiger partial charge in [0.25, 0.3) is 0 Å². The molecular formula is C17H20N2O2. The molecule has 2 aliphatic heterocycles. The highest BCUT2D eigenvalue weighted by molar-refractivity contribution is 5.85. The van der Waals surface area contributed by atoms with E-state index in [0.717, 1.165) is 19.5 Å². The van der Waals surface area contributed by atoms with E-state index in [-0.39, 0.29) is 11.9 Å². The molecule has 0 amide bonds. The quantitative estimate of drug-likeness (QED) is 0.802. The Morgan fingerprint density at radius 1 is 1.43 bits per heavy atom. The lowest BCUT2D eigenvalue weighted by Crippen LogP contribution is -2.44. The van der Waals surface area contributed by atoms with Crippen LogP contribution in [0.25, 0.3) is 5.57 Å². The zero-order valence-electron chi connectivity index (χ0n) is 12.4. The standard InChI is InChI=1S/C17H20N2O2/c1-19-9-11(17(20)21-2)6-13-12-4-3-5-14-16(12)10(8-18-14)7-15(13)19/h3-6,10-11,15,18H,7-9H2,1-2H3. The van der Waals surface area contributed by atoms with Gasteiger partial charge in [0.15, 0.2) is 0 Å². The van der Waals surface area contributed by atoms with E-state index in [9.17, 15) is 4.79 Å². The molecule has 0 saturated heterocycles. The highest BCUT2D eigenvalue weighted by atomic mass is 16.5. The number of anilines is 1. The van der Waals surface area contributed by atoms with Crippen LogP contribution in [0.3, 0.4) is 0 Å². The van der Waals surface area contributed by atoms with Crippen LogP contribution in [0, 0.1) is 5.92 Å². The third-order valence-corrected chi connectivity index (χ3v) is 5.13. The molecule has 4 rings (SSSR count). The van der Waals surface area contributed by atoms with E-state index in [2.05, 4.69) is 41.5 Å². The summed E-state index contributed by atoms with van der Waals surface area (Å²) < 4.78 is 4.94. The summed E-state index contributed by atoms with van der Waals surface area (Å²) in [5.41, 5.74) is 5.33. The second kappa shape index (κ2) is 4.60. The summed E-state index contributed by atoms with van der Waals surface area (Å²) in [5.74, 6) is 0.295. The highest BCUT2D eigenvalue weighted by Gasteiger charge is 2.40. The summed E-state index contributed by atoms with van der Waals surface area (Å²) in [6.07, 6.45) is 3.27. The zero-order chi connectivity index (χ0) is 14.6. The van der Waals surface area contributed by atoms with Crippen LogP contribution in [-0.4, -0.2) is 44.2 Å². The fourth-order valence-corrected chi connectivity index (χ4v) is 4.14. The van der Waals surface area contributed by atoms with Gasteiger partial charge in [-0.3, -0.25) is 9.69 Å². The van der Waals surface area contributed by atoms with Gasteiger partial charge in [-0.2, -0.15) is 0 Å². The molecule has 3 atom stereocenters. The van der Waals surface area contributed by atoms with Gasteiger partial charge in [0.2, 0.25) is 0 Å². The topological polar surface area (TPSA) is 41.6 Å². The van der Waals surface area contributed by atoms with E-state index in [0.29, 0.717) is 12.0 Å². The Morgan fingerprint density at radius 3 is 3.10 bits per heavy atom. The minimum Gasteiger partial charge on any atom is -0.469 e. The van der Waals surface area contributed by atoms with Crippen molar-refractivity contribution in [3.05, 3.63) is 35.4 Å². The molecule has 3 aliphatic rings. The predicted octanol–water partition coefficient (Wildman–Crippen LogP) is 2.09. The summed E-state index contributed by atoms with van der Waals surface area (Å²) in [6, 6.07) is 6.88. The number of likely N-dealkylation sites (N-methyl/N-ethyl adjacent to an activating group) is 1. The molecule has 3 unspecified atom stereocenters. The van der Waals surface area contributed by atoms with Crippen molar-refractivity contribution in [2.75, 3.05) is 32.6 Å². The highest BCUT2D eigenvalue weighted by Crippen LogP contribution is 2.48. The number of nitrogens with one attached hydrogen (secondary N) is 1. The molecule has 2 heterocycles. The summed E-state index contributed by atoms with van der Waals surface area (Å²) in [4.78, 5) is 14.2. The van der Waals surface area contributed by atoms with Crippen LogP contribution in [0.4, 0.5) is 5.69 Å². The second-order valence-corrected chi connectivity index (χ2v) is 6.29. The van der Waals surface area contributed by atoms with Crippen LogP contribution in [0.5, 0.6) is 0 Å². The van der Waals surface area contributed by atoms with Crippen molar-refractivity contribution in [1.82, 2.24) is 4.90 Å². The Bertz CT molecular complexity index is 638. The lowest BCUT2D eigenvalue weighted by Gasteiger charge is -2.41. The van der Waals surface area contributed by atoms with Crippen molar-refractivity contribution in [1.29, 1.82) is 0 Å². The molecule has 1 aromatic rings. The molecule has 0 aromatic heterocycles. The second-order valence-electron chi connectivity index (χ2n) is 6.29. The number of hydrogen-bond donors (Lipinski definition) is 1. The summed E-state index contributed by atoms with van der Waals surface area (Å²) in [6.45, 7) is 1.78. The number of esters is 1. The van der Waals surface area contributed by atoms with Gasteiger partial charge in [-0.15, -0.1) is 0 Å². The lowest BCUT2D eigenvalue weighted by atomic mass is 9.74. The Hall–Kier alpha value is -1.81. The van der Waals surface area contributed by atoms with Crippen molar-refractivity contribution in [2.45, 2.75) is 18.4 Å². The average molecular weight is 284 g/mol. The maximum atomic E-state index is 11.9. The van der Waals surface area contributed by atoms with E-state index in [1.807, 2.05) is 0 Å². The molecule has 0 saturated carbocycles. The van der Waals surface area contributed by atoms with Crippen LogP contribution in [0.2, 0.25) is 0 Å². The SMILES string of the molecule is COC(=O)C1C=C2c3cccc4c3C(CN4)CC2N(C)C1. The van der Waals surface area contributed by atoms with Crippen molar-refractivity contribution in [3.8, 4) is 0 Å². The number of nitrogens with zero attached hydrogens (tertiary/aromatic N) is 1. The molecule has 1 aromatic carbocycles. The van der Waals surface area contributed by atoms with E-state index in [1.165, 1.54) is 29.5 Å². The third-order valence-electron chi connectivity index (χ3n) is 5.13. The van der Waals surface area contributed by atoms with Gasteiger partial charge in [0.05, 0.1) is 13.0 Å².